The monoisotopic (exact) mass is 309 g/mol. The molecule has 9 heteroatoms. The van der Waals surface area contributed by atoms with Crippen molar-refractivity contribution in [1.29, 1.82) is 0 Å². The average molecular weight is 309 g/mol. The Labute approximate surface area is 121 Å². The summed E-state index contributed by atoms with van der Waals surface area (Å²) < 4.78 is 5.03. The van der Waals surface area contributed by atoms with Crippen LogP contribution < -0.4 is 5.32 Å². The van der Waals surface area contributed by atoms with Gasteiger partial charge >= 0.3 is 0 Å². The third-order valence-electron chi connectivity index (χ3n) is 4.25. The van der Waals surface area contributed by atoms with Crippen molar-refractivity contribution in [3.63, 3.8) is 0 Å². The van der Waals surface area contributed by atoms with Crippen molar-refractivity contribution in [3.8, 4) is 0 Å². The molecule has 9 atom stereocenters. The second kappa shape index (κ2) is 6.82. The third kappa shape index (κ3) is 3.36. The third-order valence-corrected chi connectivity index (χ3v) is 4.25. The molecule has 0 saturated carbocycles. The molecule has 0 amide bonds. The maximum absolute atomic E-state index is 9.83. The van der Waals surface area contributed by atoms with E-state index < -0.39 is 55.0 Å². The van der Waals surface area contributed by atoms with E-state index in [0.717, 1.165) is 0 Å². The Morgan fingerprint density at radius 2 is 1.33 bits per heavy atom. The maximum atomic E-state index is 9.83. The first-order valence-corrected chi connectivity index (χ1v) is 6.97. The van der Waals surface area contributed by atoms with Crippen LogP contribution in [0.2, 0.25) is 0 Å². The largest absolute Gasteiger partial charge is 0.395 e. The lowest BCUT2D eigenvalue weighted by atomic mass is 9.93. The molecular weight excluding hydrogens is 286 g/mol. The minimum absolute atomic E-state index is 0.182. The van der Waals surface area contributed by atoms with E-state index >= 15 is 0 Å². The molecule has 2 rings (SSSR count). The number of nitrogens with one attached hydrogen (secondary N) is 1. The molecule has 0 aliphatic carbocycles. The minimum Gasteiger partial charge on any atom is -0.395 e. The zero-order chi connectivity index (χ0) is 15.7. The Bertz CT molecular complexity index is 345. The molecule has 0 bridgehead atoms. The molecule has 124 valence electrons. The number of hydrogen-bond acceptors (Lipinski definition) is 9. The first kappa shape index (κ1) is 17.0. The highest BCUT2D eigenvalue weighted by molar-refractivity contribution is 4.98. The van der Waals surface area contributed by atoms with Crippen LogP contribution in [-0.2, 0) is 4.74 Å². The van der Waals surface area contributed by atoms with E-state index in [9.17, 15) is 30.6 Å². The van der Waals surface area contributed by atoms with Crippen LogP contribution in [0.15, 0.2) is 0 Å². The fraction of sp³-hybridized carbons (Fsp3) is 1.00. The summed E-state index contributed by atoms with van der Waals surface area (Å²) in [5.74, 6) is 0. The Hall–Kier alpha value is -0.360. The molecule has 2 heterocycles. The molecule has 2 saturated heterocycles. The van der Waals surface area contributed by atoms with E-state index in [-0.39, 0.29) is 19.4 Å². The van der Waals surface area contributed by atoms with E-state index in [0.29, 0.717) is 0 Å². The van der Waals surface area contributed by atoms with Crippen molar-refractivity contribution in [3.05, 3.63) is 0 Å². The summed E-state index contributed by atoms with van der Waals surface area (Å²) >= 11 is 0. The van der Waals surface area contributed by atoms with E-state index in [2.05, 4.69) is 5.32 Å². The lowest BCUT2D eigenvalue weighted by molar-refractivity contribution is -0.283. The van der Waals surface area contributed by atoms with Gasteiger partial charge in [-0.2, -0.15) is 0 Å². The molecule has 2 fully saturated rings. The molecule has 2 aliphatic heterocycles. The van der Waals surface area contributed by atoms with Crippen LogP contribution in [-0.4, -0.2) is 97.4 Å². The predicted octanol–water partition coefficient (Wildman–Crippen LogP) is -4.38. The summed E-state index contributed by atoms with van der Waals surface area (Å²) in [5, 5.41) is 69.6. The van der Waals surface area contributed by atoms with Crippen LogP contribution >= 0.6 is 0 Å². The van der Waals surface area contributed by atoms with Gasteiger partial charge < -0.3 is 45.8 Å². The fourth-order valence-corrected chi connectivity index (χ4v) is 2.88. The Morgan fingerprint density at radius 3 is 1.90 bits per heavy atom. The van der Waals surface area contributed by atoms with Gasteiger partial charge in [0.1, 0.15) is 18.3 Å². The molecule has 0 spiro atoms. The summed E-state index contributed by atoms with van der Waals surface area (Å²) in [6, 6.07) is -1.13. The van der Waals surface area contributed by atoms with E-state index in [1.165, 1.54) is 0 Å². The molecule has 0 aromatic heterocycles. The highest BCUT2D eigenvalue weighted by Crippen LogP contribution is 2.25. The second-order valence-electron chi connectivity index (χ2n) is 5.66. The minimum atomic E-state index is -1.59. The molecular formula is C12H23NO8. The van der Waals surface area contributed by atoms with Crippen molar-refractivity contribution in [2.75, 3.05) is 6.61 Å². The molecule has 0 aromatic carbocycles. The molecule has 5 unspecified atom stereocenters. The molecule has 21 heavy (non-hydrogen) atoms. The second-order valence-corrected chi connectivity index (χ2v) is 5.66. The number of aliphatic hydroxyl groups is 7. The van der Waals surface area contributed by atoms with Crippen molar-refractivity contribution < 1.29 is 40.5 Å². The summed E-state index contributed by atoms with van der Waals surface area (Å²) in [5.41, 5.74) is 0. The normalized spacial score (nSPS) is 51.3. The summed E-state index contributed by atoms with van der Waals surface area (Å²) in [7, 11) is 0. The maximum Gasteiger partial charge on any atom is 0.183 e. The van der Waals surface area contributed by atoms with Gasteiger partial charge in [-0.05, 0) is 12.8 Å². The highest BCUT2D eigenvalue weighted by Gasteiger charge is 2.44. The number of ether oxygens (including phenoxy) is 1. The fourth-order valence-electron chi connectivity index (χ4n) is 2.88. The molecule has 0 aromatic rings. The quantitative estimate of drug-likeness (QED) is 0.256. The van der Waals surface area contributed by atoms with Gasteiger partial charge in [0.05, 0.1) is 31.0 Å². The summed E-state index contributed by atoms with van der Waals surface area (Å²) in [6.07, 6.45) is -8.64. The van der Waals surface area contributed by atoms with Gasteiger partial charge in [0.2, 0.25) is 0 Å². The van der Waals surface area contributed by atoms with E-state index in [1.807, 2.05) is 0 Å². The van der Waals surface area contributed by atoms with Crippen LogP contribution in [0.4, 0.5) is 0 Å². The van der Waals surface area contributed by atoms with Crippen LogP contribution in [0, 0.1) is 0 Å². The lowest BCUT2D eigenvalue weighted by Gasteiger charge is -2.38. The summed E-state index contributed by atoms with van der Waals surface area (Å²) in [4.78, 5) is 0. The smallest absolute Gasteiger partial charge is 0.183 e. The topological polar surface area (TPSA) is 163 Å². The first-order chi connectivity index (χ1) is 9.86. The lowest BCUT2D eigenvalue weighted by Crippen LogP contribution is -2.57. The van der Waals surface area contributed by atoms with Crippen LogP contribution in [0.3, 0.4) is 0 Å². The van der Waals surface area contributed by atoms with Gasteiger partial charge in [-0.3, -0.25) is 0 Å². The standard InChI is InChI=1S/C12H23NO8/c14-3-5-8(16)7(15)4(13-5)1-2-6-9(17)10(18)11(19)12(20)21-6/h4-20H,1-3H2/t4-,5+,6?,7?,8?,9+,10?,11?,12-/m1/s1. The van der Waals surface area contributed by atoms with Crippen molar-refractivity contribution in [2.24, 2.45) is 0 Å². The zero-order valence-corrected chi connectivity index (χ0v) is 11.4. The molecule has 2 aliphatic rings. The van der Waals surface area contributed by atoms with Crippen LogP contribution in [0.25, 0.3) is 0 Å². The predicted molar refractivity (Wildman–Crippen MR) is 67.9 cm³/mol. The number of hydrogen-bond donors (Lipinski definition) is 8. The average Bonchev–Trinajstić information content (AvgIpc) is 2.75. The molecule has 9 nitrogen and oxygen atoms in total. The molecule has 0 radical (unpaired) electrons. The Morgan fingerprint density at radius 1 is 0.714 bits per heavy atom. The Balaban J connectivity index is 1.88. The van der Waals surface area contributed by atoms with E-state index in [4.69, 9.17) is 9.84 Å². The molecule has 8 N–H and O–H groups in total. The van der Waals surface area contributed by atoms with Crippen molar-refractivity contribution >= 4 is 0 Å². The highest BCUT2D eigenvalue weighted by atomic mass is 16.6. The van der Waals surface area contributed by atoms with Gasteiger partial charge in [-0.25, -0.2) is 0 Å². The van der Waals surface area contributed by atoms with Gasteiger partial charge in [-0.1, -0.05) is 0 Å². The SMILES string of the molecule is OC[C@@H]1N[C@H](CCC2O[C@@H](O)C(O)C(O)[C@H]2O)C(O)C1O. The number of aliphatic hydroxyl groups excluding tert-OH is 7. The Kier molecular flexibility index (Phi) is 5.52. The first-order valence-electron chi connectivity index (χ1n) is 6.97. The van der Waals surface area contributed by atoms with Crippen molar-refractivity contribution in [1.82, 2.24) is 5.32 Å². The van der Waals surface area contributed by atoms with Crippen molar-refractivity contribution in [2.45, 2.75) is 67.8 Å². The van der Waals surface area contributed by atoms with E-state index in [1.54, 1.807) is 0 Å². The van der Waals surface area contributed by atoms with Gasteiger partial charge in [-0.15, -0.1) is 0 Å². The number of rotatable bonds is 4. The van der Waals surface area contributed by atoms with Crippen LogP contribution in [0.1, 0.15) is 12.8 Å². The van der Waals surface area contributed by atoms with Gasteiger partial charge in [0.25, 0.3) is 0 Å². The summed E-state index contributed by atoms with van der Waals surface area (Å²) in [6.45, 7) is -0.319. The van der Waals surface area contributed by atoms with Gasteiger partial charge in [0, 0.05) is 6.04 Å². The zero-order valence-electron chi connectivity index (χ0n) is 11.4. The van der Waals surface area contributed by atoms with Gasteiger partial charge in [0.15, 0.2) is 6.29 Å². The van der Waals surface area contributed by atoms with Crippen LogP contribution in [0.5, 0.6) is 0 Å².